The summed E-state index contributed by atoms with van der Waals surface area (Å²) in [5, 5.41) is 0. The van der Waals surface area contributed by atoms with Crippen molar-refractivity contribution in [2.75, 3.05) is 7.11 Å². The molecule has 0 saturated carbocycles. The lowest BCUT2D eigenvalue weighted by molar-refractivity contribution is 0.406. The van der Waals surface area contributed by atoms with Gasteiger partial charge in [0.1, 0.15) is 0 Å². The largest absolute Gasteiger partial charge is 0.493 e. The Morgan fingerprint density at radius 2 is 2.36 bits per heavy atom. The highest BCUT2D eigenvalue weighted by Crippen LogP contribution is 2.12. The molecular weight excluding hydrogens is 140 g/mol. The maximum Gasteiger partial charge on any atom is 0.158 e. The normalized spacial score (nSPS) is 9.27. The predicted octanol–water partition coefficient (Wildman–Crippen LogP) is 1.44. The van der Waals surface area contributed by atoms with Gasteiger partial charge >= 0.3 is 0 Å². The number of hydrogen-bond donors (Lipinski definition) is 0. The molecule has 0 aliphatic carbocycles. The highest BCUT2D eigenvalue weighted by molar-refractivity contribution is 5.38. The molecule has 0 bridgehead atoms. The van der Waals surface area contributed by atoms with Crippen LogP contribution in [0.2, 0.25) is 0 Å². The summed E-state index contributed by atoms with van der Waals surface area (Å²) >= 11 is 0. The second-order valence-corrected chi connectivity index (χ2v) is 2.09. The molecule has 3 nitrogen and oxygen atoms in total. The molecule has 1 heterocycles. The van der Waals surface area contributed by atoms with Gasteiger partial charge in [0.05, 0.1) is 19.0 Å². The second-order valence-electron chi connectivity index (χ2n) is 2.09. The van der Waals surface area contributed by atoms with Crippen LogP contribution < -0.4 is 4.74 Å². The van der Waals surface area contributed by atoms with E-state index in [4.69, 9.17) is 4.74 Å². The number of methoxy groups -OCH3 is 1. The fourth-order valence-electron chi connectivity index (χ4n) is 0.773. The molecule has 0 N–H and O–H groups in total. The molecule has 3 heteroatoms. The Morgan fingerprint density at radius 3 is 2.82 bits per heavy atom. The smallest absolute Gasteiger partial charge is 0.158 e. The molecule has 0 aliphatic heterocycles. The summed E-state index contributed by atoms with van der Waals surface area (Å²) in [6.07, 6.45) is 3.24. The number of aromatic nitrogens is 2. The van der Waals surface area contributed by atoms with Crippen LogP contribution in [0.5, 0.6) is 5.75 Å². The lowest BCUT2D eigenvalue weighted by Crippen LogP contribution is -1.94. The van der Waals surface area contributed by atoms with Crippen molar-refractivity contribution in [1.82, 2.24) is 9.97 Å². The van der Waals surface area contributed by atoms with Gasteiger partial charge in [-0.1, -0.05) is 6.58 Å². The quantitative estimate of drug-likeness (QED) is 0.639. The second kappa shape index (κ2) is 3.14. The van der Waals surface area contributed by atoms with E-state index in [9.17, 15) is 0 Å². The summed E-state index contributed by atoms with van der Waals surface area (Å²) in [7, 11) is 1.60. The van der Waals surface area contributed by atoms with Gasteiger partial charge in [-0.05, 0) is 13.0 Å². The van der Waals surface area contributed by atoms with E-state index in [1.54, 1.807) is 19.4 Å². The van der Waals surface area contributed by atoms with Gasteiger partial charge in [0.15, 0.2) is 11.6 Å². The summed E-state index contributed by atoms with van der Waals surface area (Å²) in [4.78, 5) is 8.08. The van der Waals surface area contributed by atoms with Crippen LogP contribution in [0.15, 0.2) is 12.8 Å². The minimum absolute atomic E-state index is 0.628. The van der Waals surface area contributed by atoms with Gasteiger partial charge in [0.25, 0.3) is 0 Å². The van der Waals surface area contributed by atoms with Crippen LogP contribution in [0.1, 0.15) is 11.5 Å². The standard InChI is InChI=1S/C8H10N2O/c1-4-8-9-5-7(11-3)6(2)10-8/h4-5H,1H2,2-3H3. The van der Waals surface area contributed by atoms with E-state index in [-0.39, 0.29) is 0 Å². The van der Waals surface area contributed by atoms with E-state index in [0.29, 0.717) is 11.6 Å². The van der Waals surface area contributed by atoms with Gasteiger partial charge in [-0.15, -0.1) is 0 Å². The summed E-state index contributed by atoms with van der Waals surface area (Å²) in [5.41, 5.74) is 0.831. The average Bonchev–Trinajstić information content (AvgIpc) is 2.04. The first-order valence-corrected chi connectivity index (χ1v) is 3.28. The van der Waals surface area contributed by atoms with Gasteiger partial charge in [-0.3, -0.25) is 0 Å². The molecule has 0 spiro atoms. The van der Waals surface area contributed by atoms with Crippen molar-refractivity contribution < 1.29 is 4.74 Å². The summed E-state index contributed by atoms with van der Waals surface area (Å²) < 4.78 is 4.99. The monoisotopic (exact) mass is 150 g/mol. The maximum absolute atomic E-state index is 4.99. The van der Waals surface area contributed by atoms with Crippen LogP contribution in [0.25, 0.3) is 6.08 Å². The molecule has 1 aromatic heterocycles. The van der Waals surface area contributed by atoms with E-state index in [1.165, 1.54) is 0 Å². The lowest BCUT2D eigenvalue weighted by atomic mass is 10.4. The maximum atomic E-state index is 4.99. The Hall–Kier alpha value is -1.38. The van der Waals surface area contributed by atoms with Crippen LogP contribution >= 0.6 is 0 Å². The van der Waals surface area contributed by atoms with Crippen molar-refractivity contribution in [2.24, 2.45) is 0 Å². The number of hydrogen-bond acceptors (Lipinski definition) is 3. The molecule has 0 aromatic carbocycles. The first-order chi connectivity index (χ1) is 5.27. The molecule has 0 amide bonds. The molecule has 0 atom stereocenters. The van der Waals surface area contributed by atoms with Crippen LogP contribution in [0, 0.1) is 6.92 Å². The van der Waals surface area contributed by atoms with E-state index >= 15 is 0 Å². The van der Waals surface area contributed by atoms with Gasteiger partial charge < -0.3 is 4.74 Å². The van der Waals surface area contributed by atoms with Crippen molar-refractivity contribution >= 4 is 6.08 Å². The Labute approximate surface area is 65.8 Å². The first-order valence-electron chi connectivity index (χ1n) is 3.28. The minimum atomic E-state index is 0.628. The van der Waals surface area contributed by atoms with Crippen molar-refractivity contribution in [3.8, 4) is 5.75 Å². The number of rotatable bonds is 2. The summed E-state index contributed by atoms with van der Waals surface area (Å²) in [6, 6.07) is 0. The molecule has 58 valence electrons. The third kappa shape index (κ3) is 1.55. The third-order valence-corrected chi connectivity index (χ3v) is 1.36. The van der Waals surface area contributed by atoms with Gasteiger partial charge in [-0.2, -0.15) is 0 Å². The van der Waals surface area contributed by atoms with Crippen LogP contribution in [0.4, 0.5) is 0 Å². The molecule has 0 radical (unpaired) electrons. The Bertz CT molecular complexity index is 271. The highest BCUT2D eigenvalue weighted by atomic mass is 16.5. The first kappa shape index (κ1) is 7.72. The molecule has 0 aliphatic rings. The number of ether oxygens (including phenoxy) is 1. The van der Waals surface area contributed by atoms with Crippen LogP contribution in [-0.4, -0.2) is 17.1 Å². The molecule has 1 rings (SSSR count). The fraction of sp³-hybridized carbons (Fsp3) is 0.250. The zero-order chi connectivity index (χ0) is 8.27. The average molecular weight is 150 g/mol. The van der Waals surface area contributed by atoms with Crippen molar-refractivity contribution in [3.63, 3.8) is 0 Å². The number of nitrogens with zero attached hydrogens (tertiary/aromatic N) is 2. The zero-order valence-corrected chi connectivity index (χ0v) is 6.66. The SMILES string of the molecule is C=Cc1ncc(OC)c(C)n1. The predicted molar refractivity (Wildman–Crippen MR) is 43.4 cm³/mol. The van der Waals surface area contributed by atoms with Crippen LogP contribution in [-0.2, 0) is 0 Å². The van der Waals surface area contributed by atoms with Crippen LogP contribution in [0.3, 0.4) is 0 Å². The molecular formula is C8H10N2O. The summed E-state index contributed by atoms with van der Waals surface area (Å²) in [6.45, 7) is 5.43. The molecule has 0 saturated heterocycles. The lowest BCUT2D eigenvalue weighted by Gasteiger charge is -2.01. The zero-order valence-electron chi connectivity index (χ0n) is 6.66. The minimum Gasteiger partial charge on any atom is -0.493 e. The van der Waals surface area contributed by atoms with E-state index in [0.717, 1.165) is 5.69 Å². The molecule has 0 fully saturated rings. The fourth-order valence-corrected chi connectivity index (χ4v) is 0.773. The molecule has 11 heavy (non-hydrogen) atoms. The molecule has 1 aromatic rings. The molecule has 0 unspecified atom stereocenters. The Morgan fingerprint density at radius 1 is 1.64 bits per heavy atom. The third-order valence-electron chi connectivity index (χ3n) is 1.36. The highest BCUT2D eigenvalue weighted by Gasteiger charge is 1.98. The van der Waals surface area contributed by atoms with E-state index < -0.39 is 0 Å². The summed E-state index contributed by atoms with van der Waals surface area (Å²) in [5.74, 6) is 1.33. The Kier molecular flexibility index (Phi) is 2.21. The van der Waals surface area contributed by atoms with Gasteiger partial charge in [0.2, 0.25) is 0 Å². The topological polar surface area (TPSA) is 35.0 Å². The van der Waals surface area contributed by atoms with Gasteiger partial charge in [0, 0.05) is 0 Å². The van der Waals surface area contributed by atoms with E-state index in [2.05, 4.69) is 16.5 Å². The van der Waals surface area contributed by atoms with Crippen molar-refractivity contribution in [3.05, 3.63) is 24.3 Å². The van der Waals surface area contributed by atoms with Crippen molar-refractivity contribution in [2.45, 2.75) is 6.92 Å². The Balaban J connectivity index is 3.09. The van der Waals surface area contributed by atoms with Crippen molar-refractivity contribution in [1.29, 1.82) is 0 Å². The van der Waals surface area contributed by atoms with Gasteiger partial charge in [-0.25, -0.2) is 9.97 Å². The number of aryl methyl sites for hydroxylation is 1. The van der Waals surface area contributed by atoms with E-state index in [1.807, 2.05) is 6.92 Å².